The summed E-state index contributed by atoms with van der Waals surface area (Å²) in [4.78, 5) is 0. The van der Waals surface area contributed by atoms with Gasteiger partial charge in [0.25, 0.3) is 0 Å². The molecule has 0 unspecified atom stereocenters. The Morgan fingerprint density at radius 2 is 1.94 bits per heavy atom. The fourth-order valence-corrected chi connectivity index (χ4v) is 1.40. The molecule has 2 nitrogen and oxygen atoms in total. The van der Waals surface area contributed by atoms with Gasteiger partial charge in [-0.2, -0.15) is 0 Å². The highest BCUT2D eigenvalue weighted by Gasteiger charge is 1.96. The van der Waals surface area contributed by atoms with Crippen molar-refractivity contribution < 1.29 is 9.47 Å². The molecule has 0 aromatic heterocycles. The zero-order chi connectivity index (χ0) is 12.5. The van der Waals surface area contributed by atoms with Crippen LogP contribution in [0.1, 0.15) is 20.3 Å². The van der Waals surface area contributed by atoms with Crippen molar-refractivity contribution in [1.82, 2.24) is 0 Å². The summed E-state index contributed by atoms with van der Waals surface area (Å²) < 4.78 is 10.9. The zero-order valence-electron chi connectivity index (χ0n) is 10.8. The number of hydrogen-bond acceptors (Lipinski definition) is 2. The van der Waals surface area contributed by atoms with E-state index in [1.807, 2.05) is 49.4 Å². The SMILES string of the molecule is CC/C=C(\C=C(/C)COc1ccccc1)OC. The Hall–Kier alpha value is -1.70. The Morgan fingerprint density at radius 1 is 1.24 bits per heavy atom. The van der Waals surface area contributed by atoms with Crippen molar-refractivity contribution in [3.8, 4) is 5.75 Å². The standard InChI is InChI=1S/C15H20O2/c1-4-8-15(16-3)11-13(2)12-17-14-9-6-5-7-10-14/h5-11H,4,12H2,1-3H3/b13-11+,15-8+. The van der Waals surface area contributed by atoms with Gasteiger partial charge in [-0.1, -0.05) is 25.1 Å². The normalized spacial score (nSPS) is 12.4. The molecule has 0 aliphatic heterocycles. The predicted molar refractivity (Wildman–Crippen MR) is 71.1 cm³/mol. The van der Waals surface area contributed by atoms with Gasteiger partial charge in [-0.25, -0.2) is 0 Å². The smallest absolute Gasteiger partial charge is 0.119 e. The highest BCUT2D eigenvalue weighted by atomic mass is 16.5. The lowest BCUT2D eigenvalue weighted by Crippen LogP contribution is -1.99. The molecule has 1 aromatic rings. The summed E-state index contributed by atoms with van der Waals surface area (Å²) in [7, 11) is 1.68. The van der Waals surface area contributed by atoms with Gasteiger partial charge < -0.3 is 9.47 Å². The second-order valence-corrected chi connectivity index (χ2v) is 3.81. The third-order valence-corrected chi connectivity index (χ3v) is 2.24. The minimum atomic E-state index is 0.578. The van der Waals surface area contributed by atoms with Crippen LogP contribution in [0.15, 0.2) is 53.8 Å². The molecule has 0 amide bonds. The second-order valence-electron chi connectivity index (χ2n) is 3.81. The molecule has 0 saturated carbocycles. The molecule has 92 valence electrons. The van der Waals surface area contributed by atoms with Crippen LogP contribution in [0.4, 0.5) is 0 Å². The highest BCUT2D eigenvalue weighted by Crippen LogP contribution is 2.11. The van der Waals surface area contributed by atoms with E-state index in [4.69, 9.17) is 9.47 Å². The molecule has 0 atom stereocenters. The van der Waals surface area contributed by atoms with Crippen LogP contribution in [0.2, 0.25) is 0 Å². The maximum absolute atomic E-state index is 5.64. The molecule has 0 bridgehead atoms. The highest BCUT2D eigenvalue weighted by molar-refractivity contribution is 5.23. The number of ether oxygens (including phenoxy) is 2. The van der Waals surface area contributed by atoms with E-state index < -0.39 is 0 Å². The summed E-state index contributed by atoms with van der Waals surface area (Å²) in [6.07, 6.45) is 5.02. The zero-order valence-corrected chi connectivity index (χ0v) is 10.8. The largest absolute Gasteiger partial charge is 0.497 e. The van der Waals surface area contributed by atoms with E-state index in [2.05, 4.69) is 6.92 Å². The molecule has 0 fully saturated rings. The molecule has 0 N–H and O–H groups in total. The van der Waals surface area contributed by atoms with Gasteiger partial charge in [0, 0.05) is 0 Å². The molecule has 0 heterocycles. The predicted octanol–water partition coefficient (Wildman–Crippen LogP) is 3.95. The molecule has 1 rings (SSSR count). The molecule has 0 spiro atoms. The van der Waals surface area contributed by atoms with E-state index in [1.165, 1.54) is 0 Å². The van der Waals surface area contributed by atoms with E-state index >= 15 is 0 Å². The molecular weight excluding hydrogens is 212 g/mol. The molecular formula is C15H20O2. The van der Waals surface area contributed by atoms with Crippen LogP contribution in [0.3, 0.4) is 0 Å². The van der Waals surface area contributed by atoms with Crippen molar-refractivity contribution in [2.75, 3.05) is 13.7 Å². The summed E-state index contributed by atoms with van der Waals surface area (Å²) in [6.45, 7) is 4.70. The van der Waals surface area contributed by atoms with Crippen molar-refractivity contribution >= 4 is 0 Å². The maximum Gasteiger partial charge on any atom is 0.119 e. The van der Waals surface area contributed by atoms with Crippen LogP contribution in [-0.4, -0.2) is 13.7 Å². The molecule has 17 heavy (non-hydrogen) atoms. The van der Waals surface area contributed by atoms with Crippen LogP contribution >= 0.6 is 0 Å². The van der Waals surface area contributed by atoms with Gasteiger partial charge in [-0.3, -0.25) is 0 Å². The van der Waals surface area contributed by atoms with Crippen molar-refractivity contribution in [2.45, 2.75) is 20.3 Å². The van der Waals surface area contributed by atoms with Gasteiger partial charge >= 0.3 is 0 Å². The molecule has 0 radical (unpaired) electrons. The summed E-state index contributed by atoms with van der Waals surface area (Å²) in [5.74, 6) is 1.78. The number of allylic oxidation sites excluding steroid dienone is 2. The quantitative estimate of drug-likeness (QED) is 0.546. The van der Waals surface area contributed by atoms with Crippen molar-refractivity contribution in [3.05, 3.63) is 53.8 Å². The topological polar surface area (TPSA) is 18.5 Å². The fraction of sp³-hybridized carbons (Fsp3) is 0.333. The lowest BCUT2D eigenvalue weighted by molar-refractivity contribution is 0.302. The van der Waals surface area contributed by atoms with Gasteiger partial charge in [0.15, 0.2) is 0 Å². The average Bonchev–Trinajstić information content (AvgIpc) is 2.37. The first-order valence-corrected chi connectivity index (χ1v) is 5.85. The van der Waals surface area contributed by atoms with Crippen LogP contribution in [0, 0.1) is 0 Å². The molecule has 2 heteroatoms. The van der Waals surface area contributed by atoms with Crippen LogP contribution in [0.25, 0.3) is 0 Å². The van der Waals surface area contributed by atoms with Gasteiger partial charge in [-0.15, -0.1) is 0 Å². The van der Waals surface area contributed by atoms with E-state index in [-0.39, 0.29) is 0 Å². The molecule has 0 saturated heterocycles. The Bertz CT molecular complexity index is 377. The maximum atomic E-state index is 5.64. The Labute approximate surface area is 104 Å². The minimum absolute atomic E-state index is 0.578. The summed E-state index contributed by atoms with van der Waals surface area (Å²) in [5.41, 5.74) is 1.13. The molecule has 1 aromatic carbocycles. The van der Waals surface area contributed by atoms with Gasteiger partial charge in [0.2, 0.25) is 0 Å². The monoisotopic (exact) mass is 232 g/mol. The number of rotatable bonds is 6. The number of benzene rings is 1. The molecule has 0 aliphatic rings. The van der Waals surface area contributed by atoms with E-state index in [0.29, 0.717) is 6.61 Å². The third-order valence-electron chi connectivity index (χ3n) is 2.24. The first-order chi connectivity index (χ1) is 8.26. The molecule has 0 aliphatic carbocycles. The van der Waals surface area contributed by atoms with Crippen molar-refractivity contribution in [2.24, 2.45) is 0 Å². The van der Waals surface area contributed by atoms with Crippen molar-refractivity contribution in [1.29, 1.82) is 0 Å². The van der Waals surface area contributed by atoms with E-state index in [9.17, 15) is 0 Å². The summed E-state index contributed by atoms with van der Waals surface area (Å²) in [5, 5.41) is 0. The summed E-state index contributed by atoms with van der Waals surface area (Å²) in [6, 6.07) is 9.80. The minimum Gasteiger partial charge on any atom is -0.497 e. The van der Waals surface area contributed by atoms with Gasteiger partial charge in [0.1, 0.15) is 18.1 Å². The lowest BCUT2D eigenvalue weighted by atomic mass is 10.2. The first-order valence-electron chi connectivity index (χ1n) is 5.85. The third kappa shape index (κ3) is 5.25. The van der Waals surface area contributed by atoms with Crippen LogP contribution in [-0.2, 0) is 4.74 Å². The van der Waals surface area contributed by atoms with Gasteiger partial charge in [-0.05, 0) is 43.2 Å². The Kier molecular flexibility index (Phi) is 5.94. The Balaban J connectivity index is 2.51. The second kappa shape index (κ2) is 7.55. The number of methoxy groups -OCH3 is 1. The average molecular weight is 232 g/mol. The van der Waals surface area contributed by atoms with Crippen molar-refractivity contribution in [3.63, 3.8) is 0 Å². The Morgan fingerprint density at radius 3 is 2.53 bits per heavy atom. The van der Waals surface area contributed by atoms with Gasteiger partial charge in [0.05, 0.1) is 7.11 Å². The lowest BCUT2D eigenvalue weighted by Gasteiger charge is -2.07. The fourth-order valence-electron chi connectivity index (χ4n) is 1.40. The number of para-hydroxylation sites is 1. The van der Waals surface area contributed by atoms with Crippen LogP contribution < -0.4 is 4.74 Å². The van der Waals surface area contributed by atoms with E-state index in [0.717, 1.165) is 23.5 Å². The first kappa shape index (κ1) is 13.4. The van der Waals surface area contributed by atoms with Crippen LogP contribution in [0.5, 0.6) is 5.75 Å². The summed E-state index contributed by atoms with van der Waals surface area (Å²) >= 11 is 0. The number of hydrogen-bond donors (Lipinski definition) is 0. The van der Waals surface area contributed by atoms with E-state index in [1.54, 1.807) is 7.11 Å².